The fourth-order valence-corrected chi connectivity index (χ4v) is 5.54. The van der Waals surface area contributed by atoms with Crippen LogP contribution in [0.15, 0.2) is 36.5 Å². The van der Waals surface area contributed by atoms with Gasteiger partial charge in [0.2, 0.25) is 0 Å². The molecule has 2 aliphatic rings. The molecule has 1 aliphatic carbocycles. The maximum Gasteiger partial charge on any atom is 0.153 e. The van der Waals surface area contributed by atoms with Gasteiger partial charge in [0, 0.05) is 36.6 Å². The molecule has 0 saturated carbocycles. The Morgan fingerprint density at radius 2 is 2.03 bits per heavy atom. The van der Waals surface area contributed by atoms with E-state index in [0.29, 0.717) is 22.2 Å². The van der Waals surface area contributed by atoms with E-state index in [1.165, 1.54) is 5.56 Å². The standard InChI is InChI=1S/C25H28ClN5O2/c1-15-22(17-6-5-16(33-2)12-19(17)26)30-21(14-32)24(29-15)31-10-7-25(8-11-31)13-20-18(23(25)27)4-3-9-28-20/h3-6,9,12,23,32H,7-8,10-11,13-14,27H2,1-2H3/t23-/m1/s1. The van der Waals surface area contributed by atoms with Gasteiger partial charge in [-0.05, 0) is 61.4 Å². The molecule has 1 aliphatic heterocycles. The highest BCUT2D eigenvalue weighted by Crippen LogP contribution is 2.50. The predicted molar refractivity (Wildman–Crippen MR) is 128 cm³/mol. The number of halogens is 1. The van der Waals surface area contributed by atoms with Gasteiger partial charge in [-0.1, -0.05) is 17.7 Å². The summed E-state index contributed by atoms with van der Waals surface area (Å²) in [6.45, 7) is 3.35. The summed E-state index contributed by atoms with van der Waals surface area (Å²) in [4.78, 5) is 16.4. The molecular formula is C25H28ClN5O2. The number of anilines is 1. The molecule has 1 atom stereocenters. The first-order valence-corrected chi connectivity index (χ1v) is 11.6. The number of aryl methyl sites for hydroxylation is 1. The fraction of sp³-hybridized carbons (Fsp3) is 0.400. The molecule has 1 saturated heterocycles. The molecule has 33 heavy (non-hydrogen) atoms. The maximum atomic E-state index is 10.1. The lowest BCUT2D eigenvalue weighted by atomic mass is 9.73. The molecule has 8 heteroatoms. The average Bonchev–Trinajstić information content (AvgIpc) is 3.11. The van der Waals surface area contributed by atoms with E-state index in [9.17, 15) is 5.11 Å². The quantitative estimate of drug-likeness (QED) is 0.604. The van der Waals surface area contributed by atoms with Crippen molar-refractivity contribution < 1.29 is 9.84 Å². The summed E-state index contributed by atoms with van der Waals surface area (Å²) >= 11 is 6.48. The molecule has 1 spiro atoms. The lowest BCUT2D eigenvalue weighted by molar-refractivity contribution is 0.186. The zero-order chi connectivity index (χ0) is 23.2. The Balaban J connectivity index is 1.40. The first-order chi connectivity index (χ1) is 16.0. The molecule has 1 fully saturated rings. The highest BCUT2D eigenvalue weighted by atomic mass is 35.5. The van der Waals surface area contributed by atoms with Crippen LogP contribution in [0.25, 0.3) is 11.3 Å². The molecule has 7 nitrogen and oxygen atoms in total. The molecule has 2 aromatic heterocycles. The smallest absolute Gasteiger partial charge is 0.153 e. The van der Waals surface area contributed by atoms with Crippen molar-refractivity contribution in [1.82, 2.24) is 15.0 Å². The Hall–Kier alpha value is -2.74. The third kappa shape index (κ3) is 3.74. The van der Waals surface area contributed by atoms with Crippen LogP contribution < -0.4 is 15.4 Å². The van der Waals surface area contributed by atoms with Crippen LogP contribution in [0.5, 0.6) is 5.75 Å². The summed E-state index contributed by atoms with van der Waals surface area (Å²) in [5, 5.41) is 10.7. The number of aliphatic hydroxyl groups excluding tert-OH is 1. The third-order valence-electron chi connectivity index (χ3n) is 7.20. The Morgan fingerprint density at radius 1 is 1.24 bits per heavy atom. The number of aliphatic hydroxyl groups is 1. The number of aromatic nitrogens is 3. The SMILES string of the molecule is COc1ccc(-c2nc(CO)c(N3CCC4(CC3)Cc3ncccc3[C@H]4N)nc2C)c(Cl)c1. The number of pyridine rings is 1. The van der Waals surface area contributed by atoms with E-state index in [4.69, 9.17) is 32.0 Å². The largest absolute Gasteiger partial charge is 0.497 e. The van der Waals surface area contributed by atoms with Crippen molar-refractivity contribution in [3.63, 3.8) is 0 Å². The van der Waals surface area contributed by atoms with Crippen molar-refractivity contribution in [2.24, 2.45) is 11.1 Å². The number of nitrogens with zero attached hydrogens (tertiary/aromatic N) is 4. The Kier molecular flexibility index (Phi) is 5.72. The van der Waals surface area contributed by atoms with Gasteiger partial charge < -0.3 is 20.5 Å². The number of hydrogen-bond acceptors (Lipinski definition) is 7. The molecule has 172 valence electrons. The number of hydrogen-bond donors (Lipinski definition) is 2. The van der Waals surface area contributed by atoms with Crippen molar-refractivity contribution in [2.75, 3.05) is 25.1 Å². The molecular weight excluding hydrogens is 438 g/mol. The van der Waals surface area contributed by atoms with Gasteiger partial charge in [0.25, 0.3) is 0 Å². The number of rotatable bonds is 4. The lowest BCUT2D eigenvalue weighted by Crippen LogP contribution is -2.45. The van der Waals surface area contributed by atoms with Crippen LogP contribution in [0.3, 0.4) is 0 Å². The predicted octanol–water partition coefficient (Wildman–Crippen LogP) is 3.84. The van der Waals surface area contributed by atoms with Gasteiger partial charge in [-0.3, -0.25) is 4.98 Å². The van der Waals surface area contributed by atoms with E-state index in [-0.39, 0.29) is 18.1 Å². The van der Waals surface area contributed by atoms with Gasteiger partial charge in [-0.25, -0.2) is 9.97 Å². The van der Waals surface area contributed by atoms with Crippen LogP contribution in [-0.4, -0.2) is 40.3 Å². The summed E-state index contributed by atoms with van der Waals surface area (Å²) < 4.78 is 5.25. The first-order valence-electron chi connectivity index (χ1n) is 11.2. The molecule has 5 rings (SSSR count). The summed E-state index contributed by atoms with van der Waals surface area (Å²) in [7, 11) is 1.60. The Labute approximate surface area is 198 Å². The van der Waals surface area contributed by atoms with E-state index in [0.717, 1.165) is 55.1 Å². The normalized spacial score (nSPS) is 19.1. The van der Waals surface area contributed by atoms with Gasteiger partial charge in [0.1, 0.15) is 11.4 Å². The van der Waals surface area contributed by atoms with Crippen molar-refractivity contribution in [1.29, 1.82) is 0 Å². The number of benzene rings is 1. The Bertz CT molecular complexity index is 1190. The van der Waals surface area contributed by atoms with Crippen LogP contribution in [-0.2, 0) is 13.0 Å². The molecule has 3 N–H and O–H groups in total. The second-order valence-corrected chi connectivity index (χ2v) is 9.38. The van der Waals surface area contributed by atoms with Crippen molar-refractivity contribution in [3.05, 3.63) is 64.2 Å². The van der Waals surface area contributed by atoms with Crippen molar-refractivity contribution >= 4 is 17.4 Å². The van der Waals surface area contributed by atoms with Crippen LogP contribution in [0, 0.1) is 12.3 Å². The number of piperidine rings is 1. The Morgan fingerprint density at radius 3 is 2.70 bits per heavy atom. The average molecular weight is 466 g/mol. The van der Waals surface area contributed by atoms with E-state index < -0.39 is 0 Å². The molecule has 0 bridgehead atoms. The second kappa shape index (κ2) is 8.56. The van der Waals surface area contributed by atoms with Gasteiger partial charge in [-0.2, -0.15) is 0 Å². The molecule has 3 aromatic rings. The van der Waals surface area contributed by atoms with E-state index in [2.05, 4.69) is 16.0 Å². The first kappa shape index (κ1) is 22.1. The van der Waals surface area contributed by atoms with Gasteiger partial charge in [0.05, 0.1) is 30.1 Å². The van der Waals surface area contributed by atoms with Crippen molar-refractivity contribution in [2.45, 2.75) is 38.8 Å². The topological polar surface area (TPSA) is 97.4 Å². The maximum absolute atomic E-state index is 10.1. The van der Waals surface area contributed by atoms with Gasteiger partial charge in [-0.15, -0.1) is 0 Å². The summed E-state index contributed by atoms with van der Waals surface area (Å²) in [5.41, 5.74) is 11.8. The van der Waals surface area contributed by atoms with Crippen LogP contribution in [0.1, 0.15) is 41.5 Å². The highest BCUT2D eigenvalue weighted by Gasteiger charge is 2.46. The van der Waals surface area contributed by atoms with Crippen molar-refractivity contribution in [3.8, 4) is 17.0 Å². The van der Waals surface area contributed by atoms with E-state index >= 15 is 0 Å². The minimum Gasteiger partial charge on any atom is -0.497 e. The van der Waals surface area contributed by atoms with Crippen LogP contribution >= 0.6 is 11.6 Å². The van der Waals surface area contributed by atoms with Crippen LogP contribution in [0.4, 0.5) is 5.82 Å². The summed E-state index contributed by atoms with van der Waals surface area (Å²) in [5.74, 6) is 1.42. The third-order valence-corrected chi connectivity index (χ3v) is 7.51. The van der Waals surface area contributed by atoms with E-state index in [1.807, 2.05) is 31.3 Å². The van der Waals surface area contributed by atoms with Gasteiger partial charge >= 0.3 is 0 Å². The minimum atomic E-state index is -0.195. The highest BCUT2D eigenvalue weighted by molar-refractivity contribution is 6.33. The lowest BCUT2D eigenvalue weighted by Gasteiger charge is -2.42. The molecule has 0 amide bonds. The minimum absolute atomic E-state index is 0.00747. The van der Waals surface area contributed by atoms with E-state index in [1.54, 1.807) is 13.2 Å². The monoisotopic (exact) mass is 465 g/mol. The van der Waals surface area contributed by atoms with Crippen LogP contribution in [0.2, 0.25) is 5.02 Å². The van der Waals surface area contributed by atoms with Gasteiger partial charge in [0.15, 0.2) is 5.82 Å². The zero-order valence-electron chi connectivity index (χ0n) is 18.9. The summed E-state index contributed by atoms with van der Waals surface area (Å²) in [6.07, 6.45) is 4.66. The number of nitrogens with two attached hydrogens (primary N) is 1. The number of methoxy groups -OCH3 is 1. The summed E-state index contributed by atoms with van der Waals surface area (Å²) in [6, 6.07) is 9.55. The number of fused-ring (bicyclic) bond motifs is 1. The fourth-order valence-electron chi connectivity index (χ4n) is 5.28. The number of ether oxygens (including phenoxy) is 1. The molecule has 0 radical (unpaired) electrons. The second-order valence-electron chi connectivity index (χ2n) is 8.98. The zero-order valence-corrected chi connectivity index (χ0v) is 19.6. The molecule has 0 unspecified atom stereocenters. The molecule has 1 aromatic carbocycles. The molecule has 3 heterocycles.